The van der Waals surface area contributed by atoms with Crippen molar-refractivity contribution < 1.29 is 10.0 Å². The predicted molar refractivity (Wildman–Crippen MR) is 70.0 cm³/mol. The number of aromatic nitrogens is 2. The highest BCUT2D eigenvalue weighted by Crippen LogP contribution is 2.25. The average molecular weight is 265 g/mol. The van der Waals surface area contributed by atoms with E-state index in [2.05, 4.69) is 15.4 Å². The maximum absolute atomic E-state index is 12.5. The van der Waals surface area contributed by atoms with Crippen LogP contribution < -0.4 is 5.73 Å². The van der Waals surface area contributed by atoms with Crippen LogP contribution in [-0.4, -0.2) is 44.6 Å². The van der Waals surface area contributed by atoms with E-state index < -0.39 is 0 Å². The van der Waals surface area contributed by atoms with Crippen molar-refractivity contribution in [3.8, 4) is 0 Å². The van der Waals surface area contributed by atoms with E-state index in [1.165, 1.54) is 6.20 Å². The fourth-order valence-electron chi connectivity index (χ4n) is 2.51. The van der Waals surface area contributed by atoms with Gasteiger partial charge in [-0.3, -0.25) is 9.89 Å². The van der Waals surface area contributed by atoms with E-state index in [4.69, 9.17) is 10.9 Å². The second-order valence-electron chi connectivity index (χ2n) is 4.87. The first kappa shape index (κ1) is 13.4. The summed E-state index contributed by atoms with van der Waals surface area (Å²) in [5, 5.41) is 18.3. The molecule has 7 heteroatoms. The lowest BCUT2D eigenvalue weighted by atomic mass is 10.1. The molecule has 1 aromatic heterocycles. The lowest BCUT2D eigenvalue weighted by molar-refractivity contribution is 0.0711. The number of carbonyl (C=O) groups is 1. The zero-order chi connectivity index (χ0) is 13.8. The van der Waals surface area contributed by atoms with Gasteiger partial charge in [-0.15, -0.1) is 0 Å². The number of hydrogen-bond donors (Lipinski definition) is 3. The average Bonchev–Trinajstić information content (AvgIpc) is 3.05. The lowest BCUT2D eigenvalue weighted by Crippen LogP contribution is -2.44. The SMILES string of the molecule is Cc1[nH]ncc1C(=O)N(CC(N)=NO)C1CCCC1. The van der Waals surface area contributed by atoms with Crippen molar-refractivity contribution in [2.75, 3.05) is 6.54 Å². The van der Waals surface area contributed by atoms with Crippen molar-refractivity contribution in [2.45, 2.75) is 38.6 Å². The van der Waals surface area contributed by atoms with Gasteiger partial charge in [0, 0.05) is 11.7 Å². The van der Waals surface area contributed by atoms with E-state index in [0.29, 0.717) is 5.56 Å². The van der Waals surface area contributed by atoms with Crippen molar-refractivity contribution in [1.29, 1.82) is 0 Å². The second kappa shape index (κ2) is 5.73. The summed E-state index contributed by atoms with van der Waals surface area (Å²) < 4.78 is 0. The smallest absolute Gasteiger partial charge is 0.257 e. The Kier molecular flexibility index (Phi) is 4.03. The van der Waals surface area contributed by atoms with E-state index in [9.17, 15) is 4.79 Å². The third-order valence-corrected chi connectivity index (χ3v) is 3.55. The number of aromatic amines is 1. The van der Waals surface area contributed by atoms with Gasteiger partial charge >= 0.3 is 0 Å². The Morgan fingerprint density at radius 3 is 2.84 bits per heavy atom. The van der Waals surface area contributed by atoms with Crippen molar-refractivity contribution in [1.82, 2.24) is 15.1 Å². The fourth-order valence-corrected chi connectivity index (χ4v) is 2.51. The molecule has 0 aromatic carbocycles. The molecule has 1 fully saturated rings. The van der Waals surface area contributed by atoms with Crippen LogP contribution in [0.1, 0.15) is 41.7 Å². The topological polar surface area (TPSA) is 108 Å². The number of amidine groups is 1. The summed E-state index contributed by atoms with van der Waals surface area (Å²) in [6.45, 7) is 1.95. The summed E-state index contributed by atoms with van der Waals surface area (Å²) in [6, 6.07) is 0.155. The molecular weight excluding hydrogens is 246 g/mol. The molecule has 1 aliphatic rings. The highest BCUT2D eigenvalue weighted by atomic mass is 16.4. The summed E-state index contributed by atoms with van der Waals surface area (Å²) in [6.07, 6.45) is 5.65. The quantitative estimate of drug-likeness (QED) is 0.324. The van der Waals surface area contributed by atoms with Crippen LogP contribution in [0.5, 0.6) is 0 Å². The Hall–Kier alpha value is -2.05. The number of nitrogens with two attached hydrogens (primary N) is 1. The maximum Gasteiger partial charge on any atom is 0.257 e. The molecule has 0 aliphatic heterocycles. The van der Waals surface area contributed by atoms with Crippen molar-refractivity contribution in [3.05, 3.63) is 17.5 Å². The Balaban J connectivity index is 2.21. The van der Waals surface area contributed by atoms with Gasteiger partial charge in [0.1, 0.15) is 0 Å². The molecule has 2 rings (SSSR count). The molecule has 1 heterocycles. The van der Waals surface area contributed by atoms with E-state index in [1.54, 1.807) is 11.8 Å². The molecule has 0 saturated heterocycles. The molecule has 1 aliphatic carbocycles. The minimum atomic E-state index is -0.121. The van der Waals surface area contributed by atoms with E-state index in [-0.39, 0.29) is 24.3 Å². The minimum absolute atomic E-state index is 0.0430. The van der Waals surface area contributed by atoms with Gasteiger partial charge in [-0.2, -0.15) is 5.10 Å². The number of H-pyrrole nitrogens is 1. The number of aryl methyl sites for hydroxylation is 1. The molecule has 0 radical (unpaired) electrons. The van der Waals surface area contributed by atoms with Crippen LogP contribution >= 0.6 is 0 Å². The molecule has 1 saturated carbocycles. The number of amides is 1. The standard InChI is InChI=1S/C12H19N5O2/c1-8-10(6-14-15-8)12(18)17(7-11(13)16-19)9-4-2-3-5-9/h6,9,19H,2-5,7H2,1H3,(H2,13,16)(H,14,15). The molecule has 0 bridgehead atoms. The van der Waals surface area contributed by atoms with Crippen LogP contribution in [0.3, 0.4) is 0 Å². The van der Waals surface area contributed by atoms with E-state index in [0.717, 1.165) is 31.4 Å². The lowest BCUT2D eigenvalue weighted by Gasteiger charge is -2.28. The zero-order valence-corrected chi connectivity index (χ0v) is 11.0. The van der Waals surface area contributed by atoms with Crippen LogP contribution in [-0.2, 0) is 0 Å². The molecule has 1 aromatic rings. The highest BCUT2D eigenvalue weighted by molar-refractivity contribution is 5.97. The summed E-state index contributed by atoms with van der Waals surface area (Å²) in [7, 11) is 0. The summed E-state index contributed by atoms with van der Waals surface area (Å²) in [5.41, 5.74) is 6.82. The zero-order valence-electron chi connectivity index (χ0n) is 11.0. The van der Waals surface area contributed by atoms with Crippen LogP contribution in [0, 0.1) is 6.92 Å². The van der Waals surface area contributed by atoms with Crippen LogP contribution in [0.4, 0.5) is 0 Å². The Morgan fingerprint density at radius 1 is 1.63 bits per heavy atom. The van der Waals surface area contributed by atoms with Gasteiger partial charge in [0.25, 0.3) is 5.91 Å². The van der Waals surface area contributed by atoms with Gasteiger partial charge < -0.3 is 15.8 Å². The maximum atomic E-state index is 12.5. The van der Waals surface area contributed by atoms with E-state index >= 15 is 0 Å². The van der Waals surface area contributed by atoms with Crippen molar-refractivity contribution in [2.24, 2.45) is 10.9 Å². The first-order valence-corrected chi connectivity index (χ1v) is 6.40. The summed E-state index contributed by atoms with van der Waals surface area (Å²) in [4.78, 5) is 14.2. The Morgan fingerprint density at radius 2 is 2.32 bits per heavy atom. The third kappa shape index (κ3) is 2.86. The van der Waals surface area contributed by atoms with Gasteiger partial charge in [-0.05, 0) is 19.8 Å². The van der Waals surface area contributed by atoms with Gasteiger partial charge in [0.2, 0.25) is 0 Å². The first-order chi connectivity index (χ1) is 9.13. The molecule has 104 valence electrons. The molecular formula is C12H19N5O2. The normalized spacial score (nSPS) is 16.8. The molecule has 0 spiro atoms. The minimum Gasteiger partial charge on any atom is -0.409 e. The van der Waals surface area contributed by atoms with E-state index in [1.807, 2.05) is 0 Å². The molecule has 0 unspecified atom stereocenters. The summed E-state index contributed by atoms with van der Waals surface area (Å²) in [5.74, 6) is -0.0776. The monoisotopic (exact) mass is 265 g/mol. The number of hydrogen-bond acceptors (Lipinski definition) is 4. The van der Waals surface area contributed by atoms with Crippen LogP contribution in [0.15, 0.2) is 11.4 Å². The number of oxime groups is 1. The van der Waals surface area contributed by atoms with Gasteiger partial charge in [-0.1, -0.05) is 18.0 Å². The van der Waals surface area contributed by atoms with Crippen LogP contribution in [0.2, 0.25) is 0 Å². The van der Waals surface area contributed by atoms with Gasteiger partial charge in [0.05, 0.1) is 18.3 Å². The number of rotatable bonds is 4. The summed E-state index contributed by atoms with van der Waals surface area (Å²) >= 11 is 0. The molecule has 1 amide bonds. The highest BCUT2D eigenvalue weighted by Gasteiger charge is 2.29. The molecule has 4 N–H and O–H groups in total. The largest absolute Gasteiger partial charge is 0.409 e. The van der Waals surface area contributed by atoms with Crippen molar-refractivity contribution in [3.63, 3.8) is 0 Å². The van der Waals surface area contributed by atoms with Crippen LogP contribution in [0.25, 0.3) is 0 Å². The predicted octanol–water partition coefficient (Wildman–Crippen LogP) is 0.849. The molecule has 7 nitrogen and oxygen atoms in total. The fraction of sp³-hybridized carbons (Fsp3) is 0.583. The van der Waals surface area contributed by atoms with Gasteiger partial charge in [0.15, 0.2) is 5.84 Å². The second-order valence-corrected chi connectivity index (χ2v) is 4.87. The molecule has 0 atom stereocenters. The number of nitrogens with zero attached hydrogens (tertiary/aromatic N) is 3. The van der Waals surface area contributed by atoms with Gasteiger partial charge in [-0.25, -0.2) is 0 Å². The third-order valence-electron chi connectivity index (χ3n) is 3.55. The Labute approximate surface area is 111 Å². The first-order valence-electron chi connectivity index (χ1n) is 6.40. The van der Waals surface area contributed by atoms with Crippen molar-refractivity contribution >= 4 is 11.7 Å². The number of carbonyl (C=O) groups excluding carboxylic acids is 1. The Bertz CT molecular complexity index is 476. The molecule has 19 heavy (non-hydrogen) atoms. The number of nitrogens with one attached hydrogen (secondary N) is 1.